The SMILES string of the molecule is c1cc(CSc2nc3ncccn3n2)cc(CSc2nc3ncccn3n2)c1. The molecule has 0 saturated heterocycles. The van der Waals surface area contributed by atoms with Crippen LogP contribution < -0.4 is 0 Å². The molecule has 0 saturated carbocycles. The molecule has 0 aliphatic heterocycles. The van der Waals surface area contributed by atoms with Gasteiger partial charge in [-0.15, -0.1) is 10.2 Å². The van der Waals surface area contributed by atoms with Gasteiger partial charge in [0.1, 0.15) is 0 Å². The van der Waals surface area contributed by atoms with E-state index in [4.69, 9.17) is 0 Å². The molecule has 4 heterocycles. The van der Waals surface area contributed by atoms with E-state index >= 15 is 0 Å². The molecule has 10 heteroatoms. The molecule has 0 N–H and O–H groups in total. The monoisotopic (exact) mass is 406 g/mol. The summed E-state index contributed by atoms with van der Waals surface area (Å²) in [6, 6.07) is 12.2. The van der Waals surface area contributed by atoms with E-state index in [1.165, 1.54) is 11.1 Å². The second-order valence-corrected chi connectivity index (χ2v) is 7.80. The summed E-state index contributed by atoms with van der Waals surface area (Å²) in [6.45, 7) is 0. The molecule has 0 aliphatic rings. The van der Waals surface area contributed by atoms with Crippen LogP contribution in [0.5, 0.6) is 0 Å². The first kappa shape index (κ1) is 17.1. The van der Waals surface area contributed by atoms with E-state index in [2.05, 4.69) is 54.4 Å². The maximum atomic E-state index is 4.42. The molecule has 0 fully saturated rings. The minimum absolute atomic E-state index is 0.615. The number of aromatic nitrogens is 8. The first-order valence-corrected chi connectivity index (χ1v) is 10.5. The number of rotatable bonds is 6. The van der Waals surface area contributed by atoms with E-state index in [-0.39, 0.29) is 0 Å². The van der Waals surface area contributed by atoms with Crippen molar-refractivity contribution in [3.8, 4) is 0 Å². The van der Waals surface area contributed by atoms with Crippen molar-refractivity contribution in [2.45, 2.75) is 21.8 Å². The van der Waals surface area contributed by atoms with Gasteiger partial charge in [0.15, 0.2) is 0 Å². The first-order valence-electron chi connectivity index (χ1n) is 8.52. The van der Waals surface area contributed by atoms with Crippen LogP contribution in [0.15, 0.2) is 71.5 Å². The Labute approximate surface area is 168 Å². The molecule has 0 aliphatic carbocycles. The molecule has 28 heavy (non-hydrogen) atoms. The lowest BCUT2D eigenvalue weighted by atomic mass is 10.2. The zero-order valence-corrected chi connectivity index (χ0v) is 16.2. The minimum Gasteiger partial charge on any atom is -0.220 e. The average molecular weight is 407 g/mol. The molecule has 0 unspecified atom stereocenters. The Balaban J connectivity index is 1.24. The van der Waals surface area contributed by atoms with Gasteiger partial charge in [-0.3, -0.25) is 0 Å². The lowest BCUT2D eigenvalue weighted by molar-refractivity contribution is 0.879. The van der Waals surface area contributed by atoms with Gasteiger partial charge in [-0.1, -0.05) is 47.8 Å². The third kappa shape index (κ3) is 3.69. The van der Waals surface area contributed by atoms with Gasteiger partial charge in [0, 0.05) is 36.3 Å². The zero-order valence-electron chi connectivity index (χ0n) is 14.6. The molecule has 0 radical (unpaired) electrons. The molecule has 0 amide bonds. The number of fused-ring (bicyclic) bond motifs is 2. The van der Waals surface area contributed by atoms with Crippen molar-refractivity contribution >= 4 is 35.1 Å². The molecular weight excluding hydrogens is 392 g/mol. The number of hydrogen-bond donors (Lipinski definition) is 0. The predicted octanol–water partition coefficient (Wildman–Crippen LogP) is 3.15. The van der Waals surface area contributed by atoms with Gasteiger partial charge in [0.25, 0.3) is 11.6 Å². The fourth-order valence-corrected chi connectivity index (χ4v) is 4.19. The molecule has 0 spiro atoms. The molecule has 4 aromatic heterocycles. The fourth-order valence-electron chi connectivity index (χ4n) is 2.65. The second kappa shape index (κ2) is 7.56. The largest absolute Gasteiger partial charge is 0.253 e. The van der Waals surface area contributed by atoms with Crippen LogP contribution in [-0.4, -0.2) is 39.2 Å². The van der Waals surface area contributed by atoms with Crippen LogP contribution in [0.1, 0.15) is 11.1 Å². The normalized spacial score (nSPS) is 11.4. The smallest absolute Gasteiger partial charge is 0.220 e. The van der Waals surface area contributed by atoms with Crippen LogP contribution in [0.3, 0.4) is 0 Å². The predicted molar refractivity (Wildman–Crippen MR) is 107 cm³/mol. The summed E-state index contributed by atoms with van der Waals surface area (Å²) in [6.07, 6.45) is 7.13. The van der Waals surface area contributed by atoms with Crippen LogP contribution in [-0.2, 0) is 11.5 Å². The van der Waals surface area contributed by atoms with Crippen molar-refractivity contribution in [3.63, 3.8) is 0 Å². The third-order valence-electron chi connectivity index (χ3n) is 3.92. The van der Waals surface area contributed by atoms with E-state index in [0.29, 0.717) is 11.6 Å². The Morgan fingerprint density at radius 3 is 1.75 bits per heavy atom. The highest BCUT2D eigenvalue weighted by molar-refractivity contribution is 7.98. The van der Waals surface area contributed by atoms with Crippen LogP contribution in [0.2, 0.25) is 0 Å². The summed E-state index contributed by atoms with van der Waals surface area (Å²) in [5.41, 5.74) is 2.44. The summed E-state index contributed by atoms with van der Waals surface area (Å²) in [7, 11) is 0. The molecule has 1 aromatic carbocycles. The first-order chi connectivity index (χ1) is 13.8. The van der Waals surface area contributed by atoms with Gasteiger partial charge in [-0.25, -0.2) is 19.0 Å². The van der Waals surface area contributed by atoms with E-state index in [1.54, 1.807) is 44.9 Å². The molecule has 5 rings (SSSR count). The van der Waals surface area contributed by atoms with E-state index in [0.717, 1.165) is 21.8 Å². The Morgan fingerprint density at radius 1 is 0.714 bits per heavy atom. The van der Waals surface area contributed by atoms with Gasteiger partial charge in [0.05, 0.1) is 0 Å². The number of nitrogens with zero attached hydrogens (tertiary/aromatic N) is 8. The summed E-state index contributed by atoms with van der Waals surface area (Å²) in [4.78, 5) is 17.2. The van der Waals surface area contributed by atoms with Gasteiger partial charge in [-0.2, -0.15) is 9.97 Å². The molecule has 5 aromatic rings. The van der Waals surface area contributed by atoms with Gasteiger partial charge in [0.2, 0.25) is 10.3 Å². The van der Waals surface area contributed by atoms with Crippen LogP contribution in [0, 0.1) is 0 Å². The Bertz CT molecular complexity index is 1090. The van der Waals surface area contributed by atoms with Crippen molar-refractivity contribution in [1.82, 2.24) is 39.2 Å². The summed E-state index contributed by atoms with van der Waals surface area (Å²) in [5, 5.41) is 10.3. The summed E-state index contributed by atoms with van der Waals surface area (Å²) < 4.78 is 3.37. The molecule has 8 nitrogen and oxygen atoms in total. The lowest BCUT2D eigenvalue weighted by Gasteiger charge is -2.03. The maximum Gasteiger partial charge on any atom is 0.253 e. The van der Waals surface area contributed by atoms with Crippen molar-refractivity contribution < 1.29 is 0 Å². The Morgan fingerprint density at radius 2 is 1.25 bits per heavy atom. The van der Waals surface area contributed by atoms with Crippen LogP contribution in [0.25, 0.3) is 11.6 Å². The number of thioether (sulfide) groups is 2. The van der Waals surface area contributed by atoms with Gasteiger partial charge in [-0.05, 0) is 23.3 Å². The van der Waals surface area contributed by atoms with Crippen molar-refractivity contribution in [2.75, 3.05) is 0 Å². The molecular formula is C18H14N8S2. The maximum absolute atomic E-state index is 4.42. The van der Waals surface area contributed by atoms with E-state index in [9.17, 15) is 0 Å². The number of benzene rings is 1. The van der Waals surface area contributed by atoms with E-state index < -0.39 is 0 Å². The highest BCUT2D eigenvalue weighted by Crippen LogP contribution is 2.23. The third-order valence-corrected chi connectivity index (χ3v) is 5.74. The Hall–Kier alpha value is -2.98. The topological polar surface area (TPSA) is 86.2 Å². The van der Waals surface area contributed by atoms with Crippen LogP contribution >= 0.6 is 23.5 Å². The number of hydrogen-bond acceptors (Lipinski definition) is 8. The second-order valence-electron chi connectivity index (χ2n) is 5.91. The highest BCUT2D eigenvalue weighted by atomic mass is 32.2. The van der Waals surface area contributed by atoms with Crippen molar-refractivity contribution in [3.05, 3.63) is 72.3 Å². The minimum atomic E-state index is 0.615. The molecule has 0 atom stereocenters. The Kier molecular flexibility index (Phi) is 4.63. The fraction of sp³-hybridized carbons (Fsp3) is 0.111. The van der Waals surface area contributed by atoms with Crippen molar-refractivity contribution in [1.29, 1.82) is 0 Å². The van der Waals surface area contributed by atoms with Crippen LogP contribution in [0.4, 0.5) is 0 Å². The summed E-state index contributed by atoms with van der Waals surface area (Å²) >= 11 is 3.20. The lowest BCUT2D eigenvalue weighted by Crippen LogP contribution is -1.88. The van der Waals surface area contributed by atoms with Gasteiger partial charge < -0.3 is 0 Å². The highest BCUT2D eigenvalue weighted by Gasteiger charge is 2.07. The average Bonchev–Trinajstić information content (AvgIpc) is 3.34. The van der Waals surface area contributed by atoms with Crippen molar-refractivity contribution in [2.24, 2.45) is 0 Å². The molecule has 138 valence electrons. The molecule has 0 bridgehead atoms. The summed E-state index contributed by atoms with van der Waals surface area (Å²) in [5.74, 6) is 2.83. The van der Waals surface area contributed by atoms with E-state index in [1.807, 2.05) is 24.5 Å². The van der Waals surface area contributed by atoms with Gasteiger partial charge >= 0.3 is 0 Å². The standard InChI is InChI=1S/C18H14N8S2/c1-4-13(11-27-17-21-15-19-6-2-8-25(15)23-17)10-14(5-1)12-28-18-22-16-20-7-3-9-26(16)24-18/h1-10H,11-12H2. The zero-order chi connectivity index (χ0) is 18.8. The quantitative estimate of drug-likeness (QED) is 0.398.